The van der Waals surface area contributed by atoms with Crippen LogP contribution in [0.5, 0.6) is 0 Å². The lowest BCUT2D eigenvalue weighted by atomic mass is 9.87. The first-order valence-corrected chi connectivity index (χ1v) is 12.5. The van der Waals surface area contributed by atoms with Crippen LogP contribution in [0.2, 0.25) is 0 Å². The van der Waals surface area contributed by atoms with Crippen LogP contribution in [0.1, 0.15) is 72.4 Å². The maximum atomic E-state index is 13.2. The van der Waals surface area contributed by atoms with Crippen LogP contribution >= 0.6 is 0 Å². The van der Waals surface area contributed by atoms with Crippen LogP contribution in [-0.4, -0.2) is 48.9 Å². The molecule has 5 rings (SSSR count). The van der Waals surface area contributed by atoms with E-state index in [9.17, 15) is 9.59 Å². The Bertz CT molecular complexity index is 1460. The van der Waals surface area contributed by atoms with Crippen LogP contribution in [0.3, 0.4) is 0 Å². The number of nitrogens with zero attached hydrogens (tertiary/aromatic N) is 5. The van der Waals surface area contributed by atoms with Crippen LogP contribution in [0.25, 0.3) is 11.2 Å². The number of piperidine rings is 1. The number of likely N-dealkylation sites (tertiary alicyclic amines) is 1. The smallest absolute Gasteiger partial charge is 0.281 e. The van der Waals surface area contributed by atoms with Crippen LogP contribution in [0.15, 0.2) is 53.3 Å². The second-order valence-electron chi connectivity index (χ2n) is 10.7. The van der Waals surface area contributed by atoms with Crippen LogP contribution in [-0.2, 0) is 12.0 Å². The molecule has 36 heavy (non-hydrogen) atoms. The summed E-state index contributed by atoms with van der Waals surface area (Å²) in [6.45, 7) is 10.2. The average Bonchev–Trinajstić information content (AvgIpc) is 3.27. The quantitative estimate of drug-likeness (QED) is 0.469. The molecule has 1 aliphatic rings. The van der Waals surface area contributed by atoms with Crippen molar-refractivity contribution < 1.29 is 4.79 Å². The molecule has 0 saturated carbocycles. The first kappa shape index (κ1) is 23.9. The molecule has 2 aromatic carbocycles. The molecule has 0 radical (unpaired) electrons. The summed E-state index contributed by atoms with van der Waals surface area (Å²) in [7, 11) is 0. The third-order valence-electron chi connectivity index (χ3n) is 7.02. The van der Waals surface area contributed by atoms with Crippen molar-refractivity contribution >= 4 is 17.1 Å². The number of carbonyl (C=O) groups is 1. The van der Waals surface area contributed by atoms with Crippen molar-refractivity contribution in [2.75, 3.05) is 13.1 Å². The number of nitrogens with one attached hydrogen (secondary N) is 1. The van der Waals surface area contributed by atoms with Gasteiger partial charge in [-0.05, 0) is 47.9 Å². The number of H-pyrrole nitrogens is 1. The van der Waals surface area contributed by atoms with Gasteiger partial charge in [0.05, 0.1) is 6.54 Å². The van der Waals surface area contributed by atoms with E-state index in [1.54, 1.807) is 4.68 Å². The van der Waals surface area contributed by atoms with Gasteiger partial charge in [-0.1, -0.05) is 68.4 Å². The predicted octanol–water partition coefficient (Wildman–Crippen LogP) is 4.19. The normalized spacial score (nSPS) is 16.4. The fraction of sp³-hybridized carbons (Fsp3) is 0.393. The van der Waals surface area contributed by atoms with E-state index in [4.69, 9.17) is 4.98 Å². The van der Waals surface area contributed by atoms with Crippen LogP contribution in [0.4, 0.5) is 0 Å². The molecule has 2 aromatic heterocycles. The fourth-order valence-electron chi connectivity index (χ4n) is 4.83. The molecule has 1 amide bonds. The van der Waals surface area contributed by atoms with Gasteiger partial charge in [0.25, 0.3) is 11.5 Å². The molecule has 1 aliphatic heterocycles. The minimum atomic E-state index is -0.299. The van der Waals surface area contributed by atoms with Crippen molar-refractivity contribution in [1.29, 1.82) is 0 Å². The van der Waals surface area contributed by atoms with E-state index in [1.807, 2.05) is 36.1 Å². The van der Waals surface area contributed by atoms with Gasteiger partial charge in [-0.3, -0.25) is 9.59 Å². The number of carbonyl (C=O) groups excluding carboxylic acids is 1. The molecule has 3 heterocycles. The summed E-state index contributed by atoms with van der Waals surface area (Å²) >= 11 is 0. The molecule has 0 spiro atoms. The van der Waals surface area contributed by atoms with Gasteiger partial charge in [-0.25, -0.2) is 9.67 Å². The molecular weight excluding hydrogens is 452 g/mol. The van der Waals surface area contributed by atoms with Crippen LogP contribution in [0, 0.1) is 6.92 Å². The van der Waals surface area contributed by atoms with Crippen molar-refractivity contribution in [1.82, 2.24) is 29.9 Å². The lowest BCUT2D eigenvalue weighted by Crippen LogP contribution is -2.40. The van der Waals surface area contributed by atoms with Gasteiger partial charge in [0.1, 0.15) is 5.82 Å². The number of benzene rings is 2. The highest BCUT2D eigenvalue weighted by Crippen LogP contribution is 2.27. The van der Waals surface area contributed by atoms with Gasteiger partial charge in [0.15, 0.2) is 11.2 Å². The lowest BCUT2D eigenvalue weighted by Gasteiger charge is -2.32. The Morgan fingerprint density at radius 2 is 1.86 bits per heavy atom. The molecule has 0 unspecified atom stereocenters. The van der Waals surface area contributed by atoms with Crippen molar-refractivity contribution in [2.24, 2.45) is 0 Å². The molecule has 4 aromatic rings. The molecule has 1 N–H and O–H groups in total. The minimum Gasteiger partial charge on any atom is -0.338 e. The molecule has 0 bridgehead atoms. The van der Waals surface area contributed by atoms with E-state index in [-0.39, 0.29) is 28.3 Å². The van der Waals surface area contributed by atoms with Crippen molar-refractivity contribution in [3.05, 3.63) is 87.0 Å². The Hall–Kier alpha value is -3.81. The highest BCUT2D eigenvalue weighted by molar-refractivity contribution is 5.95. The summed E-state index contributed by atoms with van der Waals surface area (Å²) in [5.74, 6) is 0.547. The third-order valence-corrected chi connectivity index (χ3v) is 7.02. The number of hydrogen-bond acceptors (Lipinski definition) is 5. The maximum Gasteiger partial charge on any atom is 0.281 e. The summed E-state index contributed by atoms with van der Waals surface area (Å²) in [5, 5.41) is 8.31. The number of amides is 1. The van der Waals surface area contributed by atoms with Crippen molar-refractivity contribution in [3.63, 3.8) is 0 Å². The number of hydrogen-bond donors (Lipinski definition) is 1. The molecule has 8 heteroatoms. The summed E-state index contributed by atoms with van der Waals surface area (Å²) in [4.78, 5) is 35.6. The largest absolute Gasteiger partial charge is 0.338 e. The summed E-state index contributed by atoms with van der Waals surface area (Å²) in [5.41, 5.74) is 4.48. The van der Waals surface area contributed by atoms with Gasteiger partial charge in [-0.15, -0.1) is 5.10 Å². The second kappa shape index (κ2) is 9.33. The zero-order valence-electron chi connectivity index (χ0n) is 21.3. The van der Waals surface area contributed by atoms with Gasteiger partial charge in [0.2, 0.25) is 0 Å². The average molecular weight is 485 g/mol. The van der Waals surface area contributed by atoms with E-state index in [0.29, 0.717) is 31.1 Å². The SMILES string of the molecule is Cc1ccccc1C(=O)N1CCC[C@H](c2nc3c(nnn3Cc3ccc(C(C)(C)C)cc3)c(=O)[nH]2)C1. The molecule has 1 saturated heterocycles. The Morgan fingerprint density at radius 1 is 1.11 bits per heavy atom. The molecule has 186 valence electrons. The zero-order valence-corrected chi connectivity index (χ0v) is 21.3. The zero-order chi connectivity index (χ0) is 25.4. The van der Waals surface area contributed by atoms with Crippen molar-refractivity contribution in [3.8, 4) is 0 Å². The minimum absolute atomic E-state index is 0.0200. The van der Waals surface area contributed by atoms with Crippen molar-refractivity contribution in [2.45, 2.75) is 58.4 Å². The maximum absolute atomic E-state index is 13.2. The molecule has 8 nitrogen and oxygen atoms in total. The molecule has 1 atom stereocenters. The number of fused-ring (bicyclic) bond motifs is 1. The molecule has 0 aliphatic carbocycles. The Labute approximate surface area is 210 Å². The Morgan fingerprint density at radius 3 is 2.58 bits per heavy atom. The van der Waals surface area contributed by atoms with E-state index in [0.717, 1.165) is 29.5 Å². The highest BCUT2D eigenvalue weighted by Gasteiger charge is 2.28. The first-order chi connectivity index (χ1) is 17.2. The number of aryl methyl sites for hydroxylation is 1. The topological polar surface area (TPSA) is 96.8 Å². The van der Waals surface area contributed by atoms with Gasteiger partial charge in [0, 0.05) is 24.6 Å². The van der Waals surface area contributed by atoms with Gasteiger partial charge >= 0.3 is 0 Å². The standard InChI is InChI=1S/C28H32N6O2/c1-18-8-5-6-10-22(18)27(36)33-15-7-9-20(17-33)24-29-25-23(26(35)30-24)31-32-34(25)16-19-11-13-21(14-12-19)28(2,3)4/h5-6,8,10-14,20H,7,9,15-17H2,1-4H3,(H,29,30,35)/t20-/m0/s1. The molecular formula is C28H32N6O2. The monoisotopic (exact) mass is 484 g/mol. The van der Waals surface area contributed by atoms with E-state index in [2.05, 4.69) is 60.3 Å². The highest BCUT2D eigenvalue weighted by atomic mass is 16.2. The number of aromatic nitrogens is 5. The van der Waals surface area contributed by atoms with E-state index in [1.165, 1.54) is 5.56 Å². The summed E-state index contributed by atoms with van der Waals surface area (Å²) in [6, 6.07) is 16.1. The molecule has 1 fully saturated rings. The lowest BCUT2D eigenvalue weighted by molar-refractivity contribution is 0.0704. The number of rotatable bonds is 4. The van der Waals surface area contributed by atoms with E-state index >= 15 is 0 Å². The Balaban J connectivity index is 1.40. The second-order valence-corrected chi connectivity index (χ2v) is 10.7. The summed E-state index contributed by atoms with van der Waals surface area (Å²) in [6.07, 6.45) is 1.70. The van der Waals surface area contributed by atoms with E-state index < -0.39 is 0 Å². The number of aromatic amines is 1. The fourth-order valence-corrected chi connectivity index (χ4v) is 4.83. The van der Waals surface area contributed by atoms with Crippen LogP contribution < -0.4 is 5.56 Å². The van der Waals surface area contributed by atoms with Gasteiger partial charge < -0.3 is 9.88 Å². The summed E-state index contributed by atoms with van der Waals surface area (Å²) < 4.78 is 1.68. The Kier molecular flexibility index (Phi) is 6.20. The predicted molar refractivity (Wildman–Crippen MR) is 139 cm³/mol. The third kappa shape index (κ3) is 4.67. The van der Waals surface area contributed by atoms with Gasteiger partial charge in [-0.2, -0.15) is 0 Å². The first-order valence-electron chi connectivity index (χ1n) is 12.5.